The van der Waals surface area contributed by atoms with Gasteiger partial charge in [-0.15, -0.1) is 0 Å². The van der Waals surface area contributed by atoms with Gasteiger partial charge in [-0.3, -0.25) is 14.4 Å². The van der Waals surface area contributed by atoms with Gasteiger partial charge in [0.25, 0.3) is 5.91 Å². The van der Waals surface area contributed by atoms with Gasteiger partial charge in [0.1, 0.15) is 29.3 Å². The summed E-state index contributed by atoms with van der Waals surface area (Å²) in [6.45, 7) is 3.81. The molecule has 10 nitrogen and oxygen atoms in total. The molecule has 4 aromatic rings. The minimum atomic E-state index is -1.23. The Hall–Kier alpha value is -4.87. The van der Waals surface area contributed by atoms with Gasteiger partial charge in [0.2, 0.25) is 11.8 Å². The topological polar surface area (TPSA) is 133 Å². The number of nitrogens with zero attached hydrogens (tertiary/aromatic N) is 3. The number of aryl methyl sites for hydroxylation is 1. The molecular formula is C30H30F2N6O4. The van der Waals surface area contributed by atoms with Gasteiger partial charge in [0, 0.05) is 24.2 Å². The van der Waals surface area contributed by atoms with Gasteiger partial charge in [0.15, 0.2) is 5.69 Å². The Morgan fingerprint density at radius 1 is 1.12 bits per heavy atom. The number of halogens is 2. The van der Waals surface area contributed by atoms with Crippen LogP contribution in [0, 0.1) is 18.6 Å². The summed E-state index contributed by atoms with van der Waals surface area (Å²) in [5.41, 5.74) is 1.40. The summed E-state index contributed by atoms with van der Waals surface area (Å²) in [6, 6.07) is 12.2. The van der Waals surface area contributed by atoms with E-state index < -0.39 is 35.5 Å². The minimum absolute atomic E-state index is 0.0221. The highest BCUT2D eigenvalue weighted by Gasteiger charge is 2.34. The summed E-state index contributed by atoms with van der Waals surface area (Å²) >= 11 is 0. The highest BCUT2D eigenvalue weighted by Crippen LogP contribution is 2.32. The quantitative estimate of drug-likeness (QED) is 0.271. The lowest BCUT2D eigenvalue weighted by atomic mass is 10.0. The Morgan fingerprint density at radius 3 is 2.62 bits per heavy atom. The molecule has 0 spiro atoms. The van der Waals surface area contributed by atoms with E-state index >= 15 is 0 Å². The average molecular weight is 577 g/mol. The second-order valence-electron chi connectivity index (χ2n) is 10.2. The summed E-state index contributed by atoms with van der Waals surface area (Å²) in [5.74, 6) is -2.32. The molecule has 3 heterocycles. The Kier molecular flexibility index (Phi) is 8.41. The lowest BCUT2D eigenvalue weighted by molar-refractivity contribution is -0.135. The van der Waals surface area contributed by atoms with Crippen LogP contribution in [0.25, 0.3) is 11.3 Å². The van der Waals surface area contributed by atoms with Gasteiger partial charge in [-0.2, -0.15) is 0 Å². The van der Waals surface area contributed by atoms with Crippen molar-refractivity contribution in [2.75, 3.05) is 6.54 Å². The van der Waals surface area contributed by atoms with E-state index in [1.54, 1.807) is 18.7 Å². The number of carbonyl (C=O) groups is 3. The molecule has 3 atom stereocenters. The van der Waals surface area contributed by atoms with E-state index in [1.165, 1.54) is 18.3 Å². The first-order chi connectivity index (χ1) is 20.2. The van der Waals surface area contributed by atoms with Crippen molar-refractivity contribution in [3.63, 3.8) is 0 Å². The van der Waals surface area contributed by atoms with E-state index in [-0.39, 0.29) is 29.6 Å². The van der Waals surface area contributed by atoms with Crippen LogP contribution in [0.3, 0.4) is 0 Å². The average Bonchev–Trinajstić information content (AvgIpc) is 3.74. The molecule has 1 fully saturated rings. The van der Waals surface area contributed by atoms with Crippen LogP contribution in [0.1, 0.15) is 65.9 Å². The molecule has 0 aliphatic carbocycles. The Labute approximate surface area is 240 Å². The lowest BCUT2D eigenvalue weighted by Crippen LogP contribution is -2.50. The van der Waals surface area contributed by atoms with Crippen LogP contribution in [0.2, 0.25) is 0 Å². The third kappa shape index (κ3) is 6.37. The number of hydrogen-bond donors (Lipinski definition) is 3. The molecule has 12 heteroatoms. The molecule has 5 rings (SSSR count). The summed E-state index contributed by atoms with van der Waals surface area (Å²) in [5, 5.41) is 9.10. The van der Waals surface area contributed by atoms with Crippen LogP contribution in [0.5, 0.6) is 0 Å². The highest BCUT2D eigenvalue weighted by molar-refractivity contribution is 5.97. The number of likely N-dealkylation sites (tertiary alicyclic amines) is 1. The molecule has 2 aromatic heterocycles. The van der Waals surface area contributed by atoms with Crippen molar-refractivity contribution in [1.82, 2.24) is 30.7 Å². The van der Waals surface area contributed by atoms with Crippen molar-refractivity contribution >= 4 is 17.7 Å². The van der Waals surface area contributed by atoms with Crippen molar-refractivity contribution in [3.8, 4) is 11.3 Å². The Balaban J connectivity index is 1.32. The first kappa shape index (κ1) is 28.7. The number of carbonyl (C=O) groups excluding carboxylic acids is 3. The van der Waals surface area contributed by atoms with Crippen LogP contribution in [-0.2, 0) is 9.59 Å². The molecule has 0 radical (unpaired) electrons. The number of amides is 3. The van der Waals surface area contributed by atoms with Gasteiger partial charge in [-0.25, -0.2) is 13.8 Å². The fourth-order valence-corrected chi connectivity index (χ4v) is 5.08. The molecule has 3 N–H and O–H groups in total. The number of hydrogen-bond acceptors (Lipinski definition) is 6. The van der Waals surface area contributed by atoms with Crippen LogP contribution in [-0.4, -0.2) is 50.3 Å². The van der Waals surface area contributed by atoms with E-state index in [9.17, 15) is 23.2 Å². The second kappa shape index (κ2) is 12.3. The van der Waals surface area contributed by atoms with E-state index in [4.69, 9.17) is 4.52 Å². The number of aromatic nitrogens is 3. The van der Waals surface area contributed by atoms with Crippen LogP contribution in [0.4, 0.5) is 8.78 Å². The first-order valence-corrected chi connectivity index (χ1v) is 13.6. The zero-order chi connectivity index (χ0) is 29.8. The molecule has 3 amide bonds. The number of nitrogens with one attached hydrogen (secondary N) is 3. The molecule has 0 saturated carbocycles. The maximum atomic E-state index is 14.3. The van der Waals surface area contributed by atoms with E-state index in [0.717, 1.165) is 30.5 Å². The predicted molar refractivity (Wildman–Crippen MR) is 148 cm³/mol. The fraction of sp³-hybridized carbons (Fsp3) is 0.300. The molecule has 1 aliphatic heterocycles. The minimum Gasteiger partial charge on any atom is -0.361 e. The smallest absolute Gasteiger partial charge is 0.274 e. The molecule has 1 aliphatic rings. The number of imidazole rings is 1. The molecule has 42 heavy (non-hydrogen) atoms. The largest absolute Gasteiger partial charge is 0.361 e. The highest BCUT2D eigenvalue weighted by atomic mass is 19.1. The van der Waals surface area contributed by atoms with Gasteiger partial charge in [-0.05, 0) is 44.4 Å². The van der Waals surface area contributed by atoms with Crippen molar-refractivity contribution in [2.45, 2.75) is 51.2 Å². The van der Waals surface area contributed by atoms with Crippen LogP contribution >= 0.6 is 0 Å². The third-order valence-corrected chi connectivity index (χ3v) is 7.20. The van der Waals surface area contributed by atoms with Gasteiger partial charge < -0.3 is 25.0 Å². The second-order valence-corrected chi connectivity index (χ2v) is 10.2. The molecule has 218 valence electrons. The van der Waals surface area contributed by atoms with E-state index in [1.807, 2.05) is 30.3 Å². The molecule has 0 unspecified atom stereocenters. The maximum Gasteiger partial charge on any atom is 0.274 e. The normalized spacial score (nSPS) is 16.2. The molecule has 0 bridgehead atoms. The zero-order valence-electron chi connectivity index (χ0n) is 23.1. The first-order valence-electron chi connectivity index (χ1n) is 13.6. The number of benzene rings is 2. The zero-order valence-corrected chi connectivity index (χ0v) is 23.1. The standard InChI is InChI=1S/C30H30F2N6O4/c1-17-13-24(37-42-17)30(41)36-23(15-27(39)38-12-6-9-26(38)19-7-4-3-5-8-19)29(40)34-18(2)28-33-16-25(35-28)21-11-10-20(31)14-22(21)32/h3-5,7-8,10-11,13-14,16,18,23,26H,6,9,12,15H2,1-2H3,(H,33,35)(H,34,40)(H,36,41)/t18-,23-,26+/m0/s1. The predicted octanol–water partition coefficient (Wildman–Crippen LogP) is 4.38. The van der Waals surface area contributed by atoms with Gasteiger partial charge in [0.05, 0.1) is 30.4 Å². The maximum absolute atomic E-state index is 14.3. The number of aromatic amines is 1. The SMILES string of the molecule is Cc1cc(C(=O)N[C@@H](CC(=O)N2CCC[C@@H]2c2ccccc2)C(=O)N[C@@H](C)c2ncc(-c3ccc(F)cc3F)[nH]2)no1. The summed E-state index contributed by atoms with van der Waals surface area (Å²) < 4.78 is 32.6. The Bertz CT molecular complexity index is 1590. The van der Waals surface area contributed by atoms with Gasteiger partial charge >= 0.3 is 0 Å². The summed E-state index contributed by atoms with van der Waals surface area (Å²) in [7, 11) is 0. The monoisotopic (exact) mass is 576 g/mol. The summed E-state index contributed by atoms with van der Waals surface area (Å²) in [4.78, 5) is 48.8. The molecular weight excluding hydrogens is 546 g/mol. The lowest BCUT2D eigenvalue weighted by Gasteiger charge is -2.27. The van der Waals surface area contributed by atoms with Gasteiger partial charge in [-0.1, -0.05) is 35.5 Å². The fourth-order valence-electron chi connectivity index (χ4n) is 5.08. The van der Waals surface area contributed by atoms with E-state index in [0.29, 0.717) is 23.8 Å². The van der Waals surface area contributed by atoms with E-state index in [2.05, 4.69) is 25.8 Å². The van der Waals surface area contributed by atoms with Crippen molar-refractivity contribution < 1.29 is 27.7 Å². The molecule has 1 saturated heterocycles. The number of rotatable bonds is 9. The van der Waals surface area contributed by atoms with Crippen molar-refractivity contribution in [3.05, 3.63) is 95.3 Å². The van der Waals surface area contributed by atoms with Crippen molar-refractivity contribution in [2.24, 2.45) is 0 Å². The third-order valence-electron chi connectivity index (χ3n) is 7.20. The summed E-state index contributed by atoms with van der Waals surface area (Å²) in [6.07, 6.45) is 2.71. The number of H-pyrrole nitrogens is 1. The van der Waals surface area contributed by atoms with Crippen LogP contribution < -0.4 is 10.6 Å². The van der Waals surface area contributed by atoms with Crippen LogP contribution in [0.15, 0.2) is 65.3 Å². The molecule has 2 aromatic carbocycles. The Morgan fingerprint density at radius 2 is 1.90 bits per heavy atom. The van der Waals surface area contributed by atoms with Crippen molar-refractivity contribution in [1.29, 1.82) is 0 Å².